The van der Waals surface area contributed by atoms with Crippen molar-refractivity contribution in [3.05, 3.63) is 35.4 Å². The zero-order chi connectivity index (χ0) is 11.8. The van der Waals surface area contributed by atoms with Crippen LogP contribution in [0.3, 0.4) is 0 Å². The lowest BCUT2D eigenvalue weighted by Crippen LogP contribution is -2.26. The number of alkyl carbamates (subject to hydrolysis) is 1. The average molecular weight is 222 g/mol. The van der Waals surface area contributed by atoms with Gasteiger partial charge in [0.2, 0.25) is 0 Å². The third-order valence-electron chi connectivity index (χ3n) is 2.10. The number of hydrogen-bond acceptors (Lipinski definition) is 3. The largest absolute Gasteiger partial charge is 0.445 e. The summed E-state index contributed by atoms with van der Waals surface area (Å²) in [6, 6.07) is 7.87. The fraction of sp³-hybridized carbons (Fsp3) is 0.417. The molecule has 4 heteroatoms. The topological polar surface area (TPSA) is 64.3 Å². The van der Waals surface area contributed by atoms with Gasteiger partial charge in [0.25, 0.3) is 0 Å². The molecule has 0 fully saturated rings. The number of amides is 1. The molecule has 0 spiro atoms. The molecule has 4 nitrogen and oxygen atoms in total. The Morgan fingerprint density at radius 2 is 2.31 bits per heavy atom. The number of nitrogens with one attached hydrogen (secondary N) is 1. The van der Waals surface area contributed by atoms with Crippen molar-refractivity contribution in [2.75, 3.05) is 13.1 Å². The van der Waals surface area contributed by atoms with Gasteiger partial charge in [-0.05, 0) is 25.5 Å². The fourth-order valence-corrected chi connectivity index (χ4v) is 1.29. The highest BCUT2D eigenvalue weighted by atomic mass is 16.5. The van der Waals surface area contributed by atoms with Crippen LogP contribution in [0.25, 0.3) is 0 Å². The van der Waals surface area contributed by atoms with Gasteiger partial charge in [-0.25, -0.2) is 4.79 Å². The first-order valence-electron chi connectivity index (χ1n) is 5.38. The van der Waals surface area contributed by atoms with Gasteiger partial charge in [-0.3, -0.25) is 0 Å². The molecule has 1 rings (SSSR count). The minimum absolute atomic E-state index is 0.302. The number of carbonyl (C=O) groups excluding carboxylic acids is 1. The molecule has 1 amide bonds. The summed E-state index contributed by atoms with van der Waals surface area (Å²) in [7, 11) is 0. The molecule has 0 saturated heterocycles. The Labute approximate surface area is 95.8 Å². The van der Waals surface area contributed by atoms with Crippen molar-refractivity contribution < 1.29 is 9.53 Å². The van der Waals surface area contributed by atoms with Crippen LogP contribution >= 0.6 is 0 Å². The first-order chi connectivity index (χ1) is 7.72. The number of aryl methyl sites for hydroxylation is 1. The lowest BCUT2D eigenvalue weighted by molar-refractivity contribution is 0.139. The maximum atomic E-state index is 11.2. The van der Waals surface area contributed by atoms with Crippen LogP contribution in [0.2, 0.25) is 0 Å². The van der Waals surface area contributed by atoms with E-state index in [0.717, 1.165) is 17.5 Å². The second kappa shape index (κ2) is 6.85. The number of benzene rings is 1. The molecule has 0 heterocycles. The number of rotatable bonds is 5. The molecule has 0 aliphatic heterocycles. The molecular weight excluding hydrogens is 204 g/mol. The van der Waals surface area contributed by atoms with Crippen molar-refractivity contribution in [3.8, 4) is 0 Å². The summed E-state index contributed by atoms with van der Waals surface area (Å²) < 4.78 is 5.04. The van der Waals surface area contributed by atoms with Gasteiger partial charge >= 0.3 is 6.09 Å². The summed E-state index contributed by atoms with van der Waals surface area (Å²) in [4.78, 5) is 11.2. The summed E-state index contributed by atoms with van der Waals surface area (Å²) in [5, 5.41) is 2.63. The van der Waals surface area contributed by atoms with Gasteiger partial charge in [-0.1, -0.05) is 29.8 Å². The van der Waals surface area contributed by atoms with Gasteiger partial charge < -0.3 is 15.8 Å². The first kappa shape index (κ1) is 12.5. The highest BCUT2D eigenvalue weighted by Crippen LogP contribution is 2.05. The molecule has 1 aromatic rings. The Morgan fingerprint density at radius 3 is 3.00 bits per heavy atom. The van der Waals surface area contributed by atoms with E-state index in [1.807, 2.05) is 31.2 Å². The number of hydrogen-bond donors (Lipinski definition) is 2. The fourth-order valence-electron chi connectivity index (χ4n) is 1.29. The van der Waals surface area contributed by atoms with Crippen LogP contribution in [-0.2, 0) is 11.3 Å². The van der Waals surface area contributed by atoms with Crippen molar-refractivity contribution in [2.45, 2.75) is 20.0 Å². The van der Waals surface area contributed by atoms with Crippen LogP contribution < -0.4 is 11.1 Å². The highest BCUT2D eigenvalue weighted by molar-refractivity contribution is 5.67. The van der Waals surface area contributed by atoms with E-state index in [-0.39, 0.29) is 0 Å². The molecule has 88 valence electrons. The maximum absolute atomic E-state index is 11.2. The van der Waals surface area contributed by atoms with Crippen LogP contribution in [0, 0.1) is 6.92 Å². The second-order valence-electron chi connectivity index (χ2n) is 3.63. The molecular formula is C12H18N2O2. The van der Waals surface area contributed by atoms with Crippen LogP contribution in [-0.4, -0.2) is 19.2 Å². The normalized spacial score (nSPS) is 9.88. The van der Waals surface area contributed by atoms with Gasteiger partial charge in [0.05, 0.1) is 0 Å². The zero-order valence-corrected chi connectivity index (χ0v) is 9.53. The van der Waals surface area contributed by atoms with E-state index in [4.69, 9.17) is 10.5 Å². The predicted molar refractivity (Wildman–Crippen MR) is 63.0 cm³/mol. The molecule has 0 radical (unpaired) electrons. The Hall–Kier alpha value is -1.55. The second-order valence-corrected chi connectivity index (χ2v) is 3.63. The van der Waals surface area contributed by atoms with E-state index < -0.39 is 6.09 Å². The number of carbonyl (C=O) groups is 1. The molecule has 0 bridgehead atoms. The van der Waals surface area contributed by atoms with Gasteiger partial charge in [-0.2, -0.15) is 0 Å². The van der Waals surface area contributed by atoms with Crippen molar-refractivity contribution in [1.29, 1.82) is 0 Å². The lowest BCUT2D eigenvalue weighted by Gasteiger charge is -2.06. The molecule has 0 aliphatic rings. The molecule has 16 heavy (non-hydrogen) atoms. The zero-order valence-electron chi connectivity index (χ0n) is 9.53. The molecule has 0 unspecified atom stereocenters. The smallest absolute Gasteiger partial charge is 0.407 e. The quantitative estimate of drug-likeness (QED) is 0.743. The van der Waals surface area contributed by atoms with E-state index in [1.54, 1.807) is 0 Å². The minimum Gasteiger partial charge on any atom is -0.445 e. The molecule has 3 N–H and O–H groups in total. The lowest BCUT2D eigenvalue weighted by atomic mass is 10.1. The summed E-state index contributed by atoms with van der Waals surface area (Å²) in [6.07, 6.45) is 0.370. The molecule has 0 aliphatic carbocycles. The molecule has 0 aromatic heterocycles. The third-order valence-corrected chi connectivity index (χ3v) is 2.10. The average Bonchev–Trinajstić information content (AvgIpc) is 2.27. The van der Waals surface area contributed by atoms with Crippen molar-refractivity contribution in [1.82, 2.24) is 5.32 Å². The van der Waals surface area contributed by atoms with Gasteiger partial charge in [-0.15, -0.1) is 0 Å². The highest BCUT2D eigenvalue weighted by Gasteiger charge is 2.01. The van der Waals surface area contributed by atoms with E-state index in [9.17, 15) is 4.79 Å². The number of nitrogens with two attached hydrogens (primary N) is 1. The Balaban J connectivity index is 2.26. The Bertz CT molecular complexity index is 340. The maximum Gasteiger partial charge on any atom is 0.407 e. The van der Waals surface area contributed by atoms with Crippen LogP contribution in [0.4, 0.5) is 4.79 Å². The van der Waals surface area contributed by atoms with Gasteiger partial charge in [0.15, 0.2) is 0 Å². The Morgan fingerprint density at radius 1 is 1.50 bits per heavy atom. The standard InChI is InChI=1S/C12H18N2O2/c1-10-4-2-5-11(8-10)9-16-12(15)14-7-3-6-13/h2,4-5,8H,3,6-7,9,13H2,1H3,(H,14,15). The van der Waals surface area contributed by atoms with E-state index in [1.165, 1.54) is 0 Å². The van der Waals surface area contributed by atoms with Crippen molar-refractivity contribution in [3.63, 3.8) is 0 Å². The van der Waals surface area contributed by atoms with Crippen molar-refractivity contribution >= 4 is 6.09 Å². The summed E-state index contributed by atoms with van der Waals surface area (Å²) in [6.45, 7) is 3.43. The van der Waals surface area contributed by atoms with Crippen molar-refractivity contribution in [2.24, 2.45) is 5.73 Å². The predicted octanol–water partition coefficient (Wildman–Crippen LogP) is 1.57. The van der Waals surface area contributed by atoms with E-state index >= 15 is 0 Å². The van der Waals surface area contributed by atoms with Crippen LogP contribution in [0.1, 0.15) is 17.5 Å². The summed E-state index contributed by atoms with van der Waals surface area (Å²) >= 11 is 0. The first-order valence-corrected chi connectivity index (χ1v) is 5.38. The van der Waals surface area contributed by atoms with Crippen LogP contribution in [0.5, 0.6) is 0 Å². The Kier molecular flexibility index (Phi) is 5.36. The molecule has 1 aromatic carbocycles. The van der Waals surface area contributed by atoms with Gasteiger partial charge in [0, 0.05) is 6.54 Å². The summed E-state index contributed by atoms with van der Waals surface area (Å²) in [5.41, 5.74) is 7.46. The third kappa shape index (κ3) is 4.79. The van der Waals surface area contributed by atoms with E-state index in [0.29, 0.717) is 19.7 Å². The SMILES string of the molecule is Cc1cccc(COC(=O)NCCCN)c1. The summed E-state index contributed by atoms with van der Waals surface area (Å²) in [5.74, 6) is 0. The van der Waals surface area contributed by atoms with Gasteiger partial charge in [0.1, 0.15) is 6.61 Å². The number of ether oxygens (including phenoxy) is 1. The monoisotopic (exact) mass is 222 g/mol. The molecule has 0 atom stereocenters. The van der Waals surface area contributed by atoms with E-state index in [2.05, 4.69) is 5.32 Å². The molecule has 0 saturated carbocycles. The minimum atomic E-state index is -0.394. The van der Waals surface area contributed by atoms with Crippen LogP contribution in [0.15, 0.2) is 24.3 Å².